The van der Waals surface area contributed by atoms with Crippen molar-refractivity contribution in [2.75, 3.05) is 7.05 Å². The molecule has 1 N–H and O–H groups in total. The Bertz CT molecular complexity index is 554. The fraction of sp³-hybridized carbons (Fsp3) is 0.286. The fourth-order valence-electron chi connectivity index (χ4n) is 1.82. The third-order valence-corrected chi connectivity index (χ3v) is 3.00. The molecule has 1 atom stereocenters. The maximum Gasteiger partial charge on any atom is 0.159 e. The molecule has 18 heavy (non-hydrogen) atoms. The molecule has 0 radical (unpaired) electrons. The molecule has 2 rings (SSSR count). The highest BCUT2D eigenvalue weighted by Gasteiger charge is 2.10. The molecule has 0 saturated heterocycles. The van der Waals surface area contributed by atoms with Crippen molar-refractivity contribution < 1.29 is 4.39 Å². The van der Waals surface area contributed by atoms with Gasteiger partial charge in [0.2, 0.25) is 0 Å². The van der Waals surface area contributed by atoms with E-state index < -0.39 is 0 Å². The van der Waals surface area contributed by atoms with E-state index >= 15 is 0 Å². The number of aromatic nitrogens is 2. The number of hydrogen-bond acceptors (Lipinski definition) is 3. The van der Waals surface area contributed by atoms with E-state index in [0.717, 1.165) is 11.3 Å². The summed E-state index contributed by atoms with van der Waals surface area (Å²) in [7, 11) is 1.89. The van der Waals surface area contributed by atoms with Gasteiger partial charge in [-0.3, -0.25) is 0 Å². The van der Waals surface area contributed by atoms with Crippen LogP contribution in [0.15, 0.2) is 30.5 Å². The van der Waals surface area contributed by atoms with Crippen molar-refractivity contribution in [1.82, 2.24) is 15.3 Å². The van der Waals surface area contributed by atoms with Crippen LogP contribution in [0.1, 0.15) is 24.2 Å². The Balaban J connectivity index is 2.40. The SMILES string of the molecule is CNC(C)c1cnc(-c2cccc(F)c2)nc1C. The first kappa shape index (κ1) is 12.6. The number of nitrogens with one attached hydrogen (secondary N) is 1. The van der Waals surface area contributed by atoms with E-state index in [9.17, 15) is 4.39 Å². The van der Waals surface area contributed by atoms with E-state index in [2.05, 4.69) is 15.3 Å². The molecule has 0 fully saturated rings. The summed E-state index contributed by atoms with van der Waals surface area (Å²) in [6.45, 7) is 3.99. The number of hydrogen-bond donors (Lipinski definition) is 1. The van der Waals surface area contributed by atoms with Crippen molar-refractivity contribution >= 4 is 0 Å². The summed E-state index contributed by atoms with van der Waals surface area (Å²) in [4.78, 5) is 8.74. The molecule has 94 valence electrons. The van der Waals surface area contributed by atoms with Crippen LogP contribution in [0.3, 0.4) is 0 Å². The van der Waals surface area contributed by atoms with Crippen LogP contribution in [0.25, 0.3) is 11.4 Å². The molecule has 3 nitrogen and oxygen atoms in total. The molecule has 0 saturated carbocycles. The summed E-state index contributed by atoms with van der Waals surface area (Å²) < 4.78 is 13.1. The normalized spacial score (nSPS) is 12.4. The van der Waals surface area contributed by atoms with Gasteiger partial charge in [-0.15, -0.1) is 0 Å². The largest absolute Gasteiger partial charge is 0.313 e. The zero-order valence-electron chi connectivity index (χ0n) is 10.7. The van der Waals surface area contributed by atoms with Crippen molar-refractivity contribution in [3.8, 4) is 11.4 Å². The lowest BCUT2D eigenvalue weighted by Gasteiger charge is -2.13. The minimum Gasteiger partial charge on any atom is -0.313 e. The molecule has 1 heterocycles. The second-order valence-electron chi connectivity index (χ2n) is 4.26. The van der Waals surface area contributed by atoms with E-state index in [4.69, 9.17) is 0 Å². The maximum absolute atomic E-state index is 13.1. The Hall–Kier alpha value is -1.81. The first-order valence-electron chi connectivity index (χ1n) is 5.88. The summed E-state index contributed by atoms with van der Waals surface area (Å²) in [5.74, 6) is 0.278. The van der Waals surface area contributed by atoms with Crippen LogP contribution in [0.2, 0.25) is 0 Å². The zero-order chi connectivity index (χ0) is 13.1. The molecule has 0 bridgehead atoms. The van der Waals surface area contributed by atoms with Gasteiger partial charge in [-0.1, -0.05) is 12.1 Å². The molecule has 0 aliphatic heterocycles. The Kier molecular flexibility index (Phi) is 3.67. The highest BCUT2D eigenvalue weighted by molar-refractivity contribution is 5.55. The van der Waals surface area contributed by atoms with E-state index in [1.54, 1.807) is 18.3 Å². The lowest BCUT2D eigenvalue weighted by molar-refractivity contribution is 0.628. The molecule has 1 unspecified atom stereocenters. The lowest BCUT2D eigenvalue weighted by atomic mass is 10.1. The van der Waals surface area contributed by atoms with Gasteiger partial charge in [0, 0.05) is 29.1 Å². The van der Waals surface area contributed by atoms with Crippen LogP contribution < -0.4 is 5.32 Å². The van der Waals surface area contributed by atoms with Crippen LogP contribution >= 0.6 is 0 Å². The second kappa shape index (κ2) is 5.23. The van der Waals surface area contributed by atoms with Gasteiger partial charge in [0.15, 0.2) is 5.82 Å². The highest BCUT2D eigenvalue weighted by atomic mass is 19.1. The van der Waals surface area contributed by atoms with Crippen molar-refractivity contribution in [1.29, 1.82) is 0 Å². The summed E-state index contributed by atoms with van der Waals surface area (Å²) >= 11 is 0. The first-order valence-corrected chi connectivity index (χ1v) is 5.88. The van der Waals surface area contributed by atoms with Crippen molar-refractivity contribution in [3.05, 3.63) is 47.5 Å². The predicted molar refractivity (Wildman–Crippen MR) is 69.6 cm³/mol. The van der Waals surface area contributed by atoms with Gasteiger partial charge in [0.05, 0.1) is 0 Å². The molecular weight excluding hydrogens is 229 g/mol. The third-order valence-electron chi connectivity index (χ3n) is 3.00. The molecule has 0 amide bonds. The van der Waals surface area contributed by atoms with E-state index in [1.807, 2.05) is 20.9 Å². The van der Waals surface area contributed by atoms with E-state index in [1.165, 1.54) is 12.1 Å². The minimum absolute atomic E-state index is 0.201. The zero-order valence-corrected chi connectivity index (χ0v) is 10.7. The number of halogens is 1. The average molecular weight is 245 g/mol. The van der Waals surface area contributed by atoms with Crippen LogP contribution in [0.4, 0.5) is 4.39 Å². The Morgan fingerprint density at radius 2 is 2.11 bits per heavy atom. The molecule has 0 aliphatic rings. The fourth-order valence-corrected chi connectivity index (χ4v) is 1.82. The van der Waals surface area contributed by atoms with Gasteiger partial charge < -0.3 is 5.32 Å². The third kappa shape index (κ3) is 2.54. The van der Waals surface area contributed by atoms with Crippen LogP contribution in [0.5, 0.6) is 0 Å². The second-order valence-corrected chi connectivity index (χ2v) is 4.26. The summed E-state index contributed by atoms with van der Waals surface area (Å²) in [5, 5.41) is 3.15. The van der Waals surface area contributed by atoms with E-state index in [0.29, 0.717) is 11.4 Å². The molecule has 1 aromatic carbocycles. The number of benzene rings is 1. The summed E-state index contributed by atoms with van der Waals surface area (Å²) in [5.41, 5.74) is 2.66. The van der Waals surface area contributed by atoms with Crippen LogP contribution in [-0.4, -0.2) is 17.0 Å². The molecule has 0 spiro atoms. The van der Waals surface area contributed by atoms with Crippen molar-refractivity contribution in [2.45, 2.75) is 19.9 Å². The Labute approximate surface area is 106 Å². The average Bonchev–Trinajstić information content (AvgIpc) is 2.37. The first-order chi connectivity index (χ1) is 8.61. The molecule has 1 aromatic heterocycles. The van der Waals surface area contributed by atoms with Crippen molar-refractivity contribution in [3.63, 3.8) is 0 Å². The monoisotopic (exact) mass is 245 g/mol. The van der Waals surface area contributed by atoms with Crippen LogP contribution in [-0.2, 0) is 0 Å². The number of aryl methyl sites for hydroxylation is 1. The lowest BCUT2D eigenvalue weighted by Crippen LogP contribution is -2.14. The standard InChI is InChI=1S/C14H16FN3/c1-9(16-3)13-8-17-14(18-10(13)2)11-5-4-6-12(15)7-11/h4-9,16H,1-3H3. The van der Waals surface area contributed by atoms with Gasteiger partial charge in [-0.05, 0) is 33.0 Å². The van der Waals surface area contributed by atoms with Gasteiger partial charge in [0.1, 0.15) is 5.82 Å². The minimum atomic E-state index is -0.276. The van der Waals surface area contributed by atoms with Gasteiger partial charge in [0.25, 0.3) is 0 Å². The van der Waals surface area contributed by atoms with Gasteiger partial charge in [-0.2, -0.15) is 0 Å². The smallest absolute Gasteiger partial charge is 0.159 e. The topological polar surface area (TPSA) is 37.8 Å². The summed E-state index contributed by atoms with van der Waals surface area (Å²) in [6.07, 6.45) is 1.80. The molecule has 2 aromatic rings. The number of rotatable bonds is 3. The number of nitrogens with zero attached hydrogens (tertiary/aromatic N) is 2. The maximum atomic E-state index is 13.1. The summed E-state index contributed by atoms with van der Waals surface area (Å²) in [6, 6.07) is 6.52. The predicted octanol–water partition coefficient (Wildman–Crippen LogP) is 2.87. The Morgan fingerprint density at radius 3 is 2.72 bits per heavy atom. The van der Waals surface area contributed by atoms with E-state index in [-0.39, 0.29) is 11.9 Å². The quantitative estimate of drug-likeness (QED) is 0.903. The molecular formula is C14H16FN3. The van der Waals surface area contributed by atoms with Gasteiger partial charge in [-0.25, -0.2) is 14.4 Å². The Morgan fingerprint density at radius 1 is 1.33 bits per heavy atom. The highest BCUT2D eigenvalue weighted by Crippen LogP contribution is 2.20. The van der Waals surface area contributed by atoms with Crippen molar-refractivity contribution in [2.24, 2.45) is 0 Å². The van der Waals surface area contributed by atoms with Gasteiger partial charge >= 0.3 is 0 Å². The molecule has 0 aliphatic carbocycles. The van der Waals surface area contributed by atoms with Crippen LogP contribution in [0, 0.1) is 12.7 Å². The molecule has 4 heteroatoms.